The van der Waals surface area contributed by atoms with Crippen LogP contribution < -0.4 is 0 Å². The first-order valence-corrected chi connectivity index (χ1v) is 46.7. The van der Waals surface area contributed by atoms with Crippen molar-refractivity contribution >= 4 is 156 Å². The van der Waals surface area contributed by atoms with E-state index < -0.39 is 17.9 Å². The fourth-order valence-electron chi connectivity index (χ4n) is 14.3. The monoisotopic (exact) mass is 2020 g/mol. The topological polar surface area (TPSA) is 303 Å². The van der Waals surface area contributed by atoms with E-state index in [1.165, 1.54) is 51.1 Å². The van der Waals surface area contributed by atoms with Crippen LogP contribution in [0.25, 0.3) is 32.3 Å². The average Bonchev–Trinajstić information content (AvgIpc) is 1.60. The molecule has 11 aromatic carbocycles. The Balaban J connectivity index is 0.000000234. The number of aldehydes is 2. The van der Waals surface area contributed by atoms with Crippen LogP contribution in [0.15, 0.2) is 140 Å². The third-order valence-corrected chi connectivity index (χ3v) is 25.3. The Morgan fingerprint density at radius 3 is 0.915 bits per heavy atom. The van der Waals surface area contributed by atoms with Crippen molar-refractivity contribution in [2.24, 2.45) is 0 Å². The molecule has 2 heterocycles. The summed E-state index contributed by atoms with van der Waals surface area (Å²) in [6.07, 6.45) is 1.41. The lowest BCUT2D eigenvalue weighted by atomic mass is 9.95. The van der Waals surface area contributed by atoms with E-state index in [4.69, 9.17) is 20.1 Å². The molecule has 0 radical (unpaired) electrons. The fourth-order valence-corrected chi connectivity index (χ4v) is 15.8. The standard InChI is InChI=1S/C22H30N2O2.C20H26N2O4.C14H10O3.C10H10Br4.C10H10O2.C10H14O2.C10H10O2.C9H10O2/c1-7-23(8-2)21(25)19-13-17-11-15(5)16(6)12-18(17)14-20(19)22(26)24(9-3)10-4;1-5-21(6-2)19(25)15-9-13-11-17(23)18(24)12-14(13)10-16(15)20(26)22(7-3)8-4;1-7-3-9-5-11-12(14(16)17-13(11)15)6-10(9)4-8(7)2;1-5-3-7(9(11)12)8(10(13)14)4-6(5)2;1-6-3-8-5-12-10(11)9(8)4-7(6)2;2*1-7-3-9(5-11)10(6-12)4-8(7)2;1-6-3-4-8(9(10)11)5-7(6)2/h11-14H,7-10H2,1-6H3;9-12,23-24H,5-8H2,1-4H3;3-6H,1-2H3;3-4,9-10H,1-2H3;3-4H,5H2,1-2H3;3-4,11-12H,5-6H2,1-2H3;3-6H,1-2H3;3-5H,1-2H3,(H,10,11). The van der Waals surface area contributed by atoms with Gasteiger partial charge in [-0.25, -0.2) is 19.2 Å². The first-order valence-electron chi connectivity index (χ1n) is 43.0. The van der Waals surface area contributed by atoms with Gasteiger partial charge in [-0.2, -0.15) is 0 Å². The van der Waals surface area contributed by atoms with Crippen LogP contribution in [0.4, 0.5) is 0 Å². The number of aliphatic hydroxyl groups is 2. The zero-order valence-corrected chi connectivity index (χ0v) is 84.6. The number of aryl methyl sites for hydroxylation is 14. The summed E-state index contributed by atoms with van der Waals surface area (Å²) in [6.45, 7) is 48.6. The molecular weight excluding hydrogens is 1910 g/mol. The van der Waals surface area contributed by atoms with E-state index in [9.17, 15) is 58.2 Å². The van der Waals surface area contributed by atoms with E-state index in [0.717, 1.165) is 93.9 Å². The average molecular weight is 2030 g/mol. The number of cyclic esters (lactones) is 3. The number of aromatic hydroxyl groups is 2. The van der Waals surface area contributed by atoms with Crippen LogP contribution in [0, 0.1) is 96.9 Å². The maximum atomic E-state index is 13.1. The Kier molecular flexibility index (Phi) is 41.3. The van der Waals surface area contributed by atoms with Gasteiger partial charge in [0.2, 0.25) is 0 Å². The highest BCUT2D eigenvalue weighted by Gasteiger charge is 2.31. The number of halogens is 4. The summed E-state index contributed by atoms with van der Waals surface area (Å²) < 4.78 is 9.87. The second kappa shape index (κ2) is 49.8. The molecule has 25 heteroatoms. The van der Waals surface area contributed by atoms with Crippen molar-refractivity contribution in [3.05, 3.63) is 301 Å². The van der Waals surface area contributed by atoms with Crippen molar-refractivity contribution in [1.29, 1.82) is 0 Å². The Labute approximate surface area is 797 Å². The number of carboxylic acids is 1. The number of esters is 3. The van der Waals surface area contributed by atoms with E-state index >= 15 is 0 Å². The Hall–Kier alpha value is -11.1. The van der Waals surface area contributed by atoms with Crippen LogP contribution in [0.3, 0.4) is 0 Å². The minimum absolute atomic E-state index is 0.00296. The summed E-state index contributed by atoms with van der Waals surface area (Å²) in [6, 6.07) is 42.2. The molecule has 690 valence electrons. The number of carbonyl (C=O) groups excluding carboxylic acids is 9. The molecule has 130 heavy (non-hydrogen) atoms. The minimum atomic E-state index is -0.867. The molecule has 0 bridgehead atoms. The third kappa shape index (κ3) is 27.5. The summed E-state index contributed by atoms with van der Waals surface area (Å²) in [5.74, 6) is -3.28. The van der Waals surface area contributed by atoms with E-state index in [1.54, 1.807) is 68.1 Å². The van der Waals surface area contributed by atoms with Crippen LogP contribution in [-0.4, -0.2) is 158 Å². The van der Waals surface area contributed by atoms with Crippen LogP contribution in [0.2, 0.25) is 0 Å². The van der Waals surface area contributed by atoms with Gasteiger partial charge < -0.3 is 54.6 Å². The number of rotatable bonds is 19. The molecule has 0 saturated heterocycles. The number of hydrogen-bond acceptors (Lipinski definition) is 16. The van der Waals surface area contributed by atoms with E-state index in [-0.39, 0.29) is 61.8 Å². The van der Waals surface area contributed by atoms with Crippen molar-refractivity contribution in [2.45, 2.75) is 180 Å². The molecule has 0 atom stereocenters. The summed E-state index contributed by atoms with van der Waals surface area (Å²) in [5.41, 5.74) is 25.7. The lowest BCUT2D eigenvalue weighted by Gasteiger charge is -2.24. The molecule has 0 unspecified atom stereocenters. The summed E-state index contributed by atoms with van der Waals surface area (Å²) in [5, 5.41) is 51.1. The zero-order valence-electron chi connectivity index (χ0n) is 78.3. The highest BCUT2D eigenvalue weighted by molar-refractivity contribution is 9.24. The van der Waals surface area contributed by atoms with Gasteiger partial charge in [-0.05, 0) is 364 Å². The molecule has 0 aromatic heterocycles. The SMILES string of the molecule is CCN(CC)C(=O)c1cc2cc(C)c(C)cc2cc1C(=O)N(CC)CC.CCN(CC)C(=O)c1cc2cc(O)c(O)cc2cc1C(=O)N(CC)CC.Cc1cc(C(Br)Br)c(C(Br)Br)cc1C.Cc1cc(C=O)c(C=O)cc1C.Cc1cc(CO)c(CO)cc1C.Cc1cc2c(cc1C)C(=O)OC2.Cc1cc2cc3c(cc2cc1C)C(=O)OC3=O.Cc1ccc(C(=O)O)cc1C. The molecule has 21 nitrogen and oxygen atoms in total. The van der Waals surface area contributed by atoms with Gasteiger partial charge in [-0.15, -0.1) is 0 Å². The number of carboxylic acid groups (broad SMARTS) is 1. The maximum Gasteiger partial charge on any atom is 0.346 e. The predicted molar refractivity (Wildman–Crippen MR) is 532 cm³/mol. The van der Waals surface area contributed by atoms with Gasteiger partial charge in [0, 0.05) is 69.0 Å². The number of phenols is 2. The Morgan fingerprint density at radius 2 is 0.623 bits per heavy atom. The van der Waals surface area contributed by atoms with Crippen molar-refractivity contribution in [2.75, 3.05) is 52.4 Å². The summed E-state index contributed by atoms with van der Waals surface area (Å²) in [7, 11) is 0. The predicted octanol–water partition coefficient (Wildman–Crippen LogP) is 23.5. The molecule has 0 fully saturated rings. The van der Waals surface area contributed by atoms with Crippen LogP contribution >= 0.6 is 63.7 Å². The van der Waals surface area contributed by atoms with Crippen LogP contribution in [0.1, 0.15) is 272 Å². The number of carbonyl (C=O) groups is 10. The highest BCUT2D eigenvalue weighted by Crippen LogP contribution is 2.41. The maximum absolute atomic E-state index is 13.1. The van der Waals surface area contributed by atoms with E-state index in [1.807, 2.05) is 179 Å². The number of aromatic carboxylic acids is 1. The lowest BCUT2D eigenvalue weighted by molar-refractivity contribution is 0.0440. The van der Waals surface area contributed by atoms with Gasteiger partial charge >= 0.3 is 23.9 Å². The zero-order chi connectivity index (χ0) is 97.3. The number of nitrogens with zero attached hydrogens (tertiary/aromatic N) is 4. The van der Waals surface area contributed by atoms with Gasteiger partial charge in [0.25, 0.3) is 23.6 Å². The van der Waals surface area contributed by atoms with Crippen LogP contribution in [-0.2, 0) is 29.3 Å². The molecule has 0 saturated carbocycles. The number of alkyl halides is 4. The first kappa shape index (κ1) is 108. The van der Waals surface area contributed by atoms with Crippen molar-refractivity contribution in [3.63, 3.8) is 0 Å². The smallest absolute Gasteiger partial charge is 0.346 e. The van der Waals surface area contributed by atoms with Gasteiger partial charge in [0.05, 0.1) is 65.2 Å². The number of phenolic OH excluding ortho intramolecular Hbond substituents is 2. The first-order chi connectivity index (χ1) is 61.4. The highest BCUT2D eigenvalue weighted by atomic mass is 79.9. The van der Waals surface area contributed by atoms with Crippen LogP contribution in [0.5, 0.6) is 11.5 Å². The quantitative estimate of drug-likeness (QED) is 0.0165. The number of fused-ring (bicyclic) bond motifs is 5. The molecular formula is C105H120Br4N4O17. The summed E-state index contributed by atoms with van der Waals surface area (Å²) >= 11 is 14.1. The molecule has 0 spiro atoms. The minimum Gasteiger partial charge on any atom is -0.504 e. The molecule has 11 aromatic rings. The Bertz CT molecular complexity index is 5610. The van der Waals surface area contributed by atoms with Gasteiger partial charge in [-0.1, -0.05) is 124 Å². The van der Waals surface area contributed by atoms with Crippen molar-refractivity contribution < 1.29 is 83.0 Å². The van der Waals surface area contributed by atoms with Gasteiger partial charge in [-0.3, -0.25) is 28.8 Å². The molecule has 13 rings (SSSR count). The Morgan fingerprint density at radius 1 is 0.346 bits per heavy atom. The number of benzene rings is 11. The second-order valence-electron chi connectivity index (χ2n) is 31.8. The number of hydrogen-bond donors (Lipinski definition) is 5. The fraction of sp³-hybridized carbons (Fsp3) is 0.333. The normalized spacial score (nSPS) is 11.4. The van der Waals surface area contributed by atoms with Crippen molar-refractivity contribution in [1.82, 2.24) is 19.6 Å². The number of amides is 4. The molecule has 2 aliphatic heterocycles. The lowest BCUT2D eigenvalue weighted by Crippen LogP contribution is -2.35. The number of aliphatic hydroxyl groups excluding tert-OH is 2. The third-order valence-electron chi connectivity index (χ3n) is 23.3. The molecule has 0 aliphatic carbocycles. The second-order valence-corrected chi connectivity index (χ2v) is 37.9. The summed E-state index contributed by atoms with van der Waals surface area (Å²) in [4.78, 5) is 124. The van der Waals surface area contributed by atoms with E-state index in [2.05, 4.69) is 120 Å². The van der Waals surface area contributed by atoms with Gasteiger partial charge in [0.15, 0.2) is 24.1 Å². The molecule has 4 amide bonds. The van der Waals surface area contributed by atoms with E-state index in [0.29, 0.717) is 132 Å². The van der Waals surface area contributed by atoms with Gasteiger partial charge in [0.1, 0.15) is 6.61 Å². The number of ether oxygens (including phenoxy) is 2. The van der Waals surface area contributed by atoms with Crippen molar-refractivity contribution in [3.8, 4) is 11.5 Å². The largest absolute Gasteiger partial charge is 0.504 e. The molecule has 5 N–H and O–H groups in total. The molecule has 2 aliphatic rings.